The Morgan fingerprint density at radius 3 is 2.50 bits per heavy atom. The molecule has 1 aromatic heterocycles. The molecule has 0 aliphatic carbocycles. The van der Waals surface area contributed by atoms with Crippen LogP contribution in [0.1, 0.15) is 24.4 Å². The standard InChI is InChI=1S/C17H20N4O2S/c1-13(17-18-15-10-6-7-11-16(15)19-17)20-24(22,23)21(2)12-14-8-4-3-5-9-14/h3-11,13,20H,12H2,1-2H3,(H,18,19). The number of H-pyrrole nitrogens is 1. The van der Waals surface area contributed by atoms with Gasteiger partial charge < -0.3 is 4.98 Å². The maximum absolute atomic E-state index is 12.5. The molecule has 0 saturated heterocycles. The number of imidazole rings is 1. The van der Waals surface area contributed by atoms with Gasteiger partial charge in [0.25, 0.3) is 10.2 Å². The molecule has 3 aromatic rings. The lowest BCUT2D eigenvalue weighted by Crippen LogP contribution is -2.39. The fourth-order valence-electron chi connectivity index (χ4n) is 2.47. The monoisotopic (exact) mass is 344 g/mol. The van der Waals surface area contributed by atoms with Gasteiger partial charge in [-0.15, -0.1) is 0 Å². The van der Waals surface area contributed by atoms with E-state index in [9.17, 15) is 8.42 Å². The quantitative estimate of drug-likeness (QED) is 0.721. The summed E-state index contributed by atoms with van der Waals surface area (Å²) in [5.41, 5.74) is 2.63. The van der Waals surface area contributed by atoms with Crippen molar-refractivity contribution in [2.24, 2.45) is 0 Å². The Morgan fingerprint density at radius 2 is 1.79 bits per heavy atom. The number of para-hydroxylation sites is 2. The van der Waals surface area contributed by atoms with Crippen LogP contribution in [-0.4, -0.2) is 29.7 Å². The van der Waals surface area contributed by atoms with Crippen molar-refractivity contribution in [3.8, 4) is 0 Å². The summed E-state index contributed by atoms with van der Waals surface area (Å²) in [5, 5.41) is 0. The normalized spacial score (nSPS) is 13.5. The van der Waals surface area contributed by atoms with Crippen LogP contribution in [0.3, 0.4) is 0 Å². The van der Waals surface area contributed by atoms with Crippen LogP contribution in [-0.2, 0) is 16.8 Å². The number of hydrogen-bond acceptors (Lipinski definition) is 3. The minimum atomic E-state index is -3.62. The molecule has 2 N–H and O–H groups in total. The average molecular weight is 344 g/mol. The fraction of sp³-hybridized carbons (Fsp3) is 0.235. The van der Waals surface area contributed by atoms with E-state index in [4.69, 9.17) is 0 Å². The number of fused-ring (bicyclic) bond motifs is 1. The maximum atomic E-state index is 12.5. The van der Waals surface area contributed by atoms with Gasteiger partial charge in [0.1, 0.15) is 5.82 Å². The van der Waals surface area contributed by atoms with Gasteiger partial charge in [0, 0.05) is 13.6 Å². The van der Waals surface area contributed by atoms with Crippen molar-refractivity contribution in [1.29, 1.82) is 0 Å². The molecular weight excluding hydrogens is 324 g/mol. The van der Waals surface area contributed by atoms with E-state index < -0.39 is 16.3 Å². The van der Waals surface area contributed by atoms with Crippen LogP contribution >= 0.6 is 0 Å². The second-order valence-electron chi connectivity index (χ2n) is 5.73. The predicted molar refractivity (Wildman–Crippen MR) is 94.5 cm³/mol. The molecule has 0 aliphatic heterocycles. The molecular formula is C17H20N4O2S. The molecule has 126 valence electrons. The molecule has 0 spiro atoms. The van der Waals surface area contributed by atoms with Crippen molar-refractivity contribution in [3.05, 3.63) is 66.0 Å². The lowest BCUT2D eigenvalue weighted by Gasteiger charge is -2.20. The molecule has 0 saturated carbocycles. The van der Waals surface area contributed by atoms with Gasteiger partial charge in [0.2, 0.25) is 0 Å². The molecule has 24 heavy (non-hydrogen) atoms. The second-order valence-corrected chi connectivity index (χ2v) is 7.53. The van der Waals surface area contributed by atoms with Crippen LogP contribution in [0.5, 0.6) is 0 Å². The van der Waals surface area contributed by atoms with Crippen LogP contribution in [0.4, 0.5) is 0 Å². The highest BCUT2D eigenvalue weighted by Gasteiger charge is 2.22. The first-order valence-corrected chi connectivity index (χ1v) is 9.12. The smallest absolute Gasteiger partial charge is 0.280 e. The van der Waals surface area contributed by atoms with Gasteiger partial charge in [-0.3, -0.25) is 0 Å². The molecule has 1 atom stereocenters. The topological polar surface area (TPSA) is 78.1 Å². The number of benzene rings is 2. The van der Waals surface area contributed by atoms with Gasteiger partial charge in [0.15, 0.2) is 0 Å². The summed E-state index contributed by atoms with van der Waals surface area (Å²) < 4.78 is 29.0. The van der Waals surface area contributed by atoms with Crippen molar-refractivity contribution < 1.29 is 8.42 Å². The largest absolute Gasteiger partial charge is 0.341 e. The first kappa shape index (κ1) is 16.6. The van der Waals surface area contributed by atoms with E-state index in [0.717, 1.165) is 16.6 Å². The molecule has 2 aromatic carbocycles. The third-order valence-electron chi connectivity index (χ3n) is 3.80. The summed E-state index contributed by atoms with van der Waals surface area (Å²) >= 11 is 0. The molecule has 0 fully saturated rings. The van der Waals surface area contributed by atoms with Crippen molar-refractivity contribution >= 4 is 21.2 Å². The van der Waals surface area contributed by atoms with Gasteiger partial charge >= 0.3 is 0 Å². The van der Waals surface area contributed by atoms with Crippen molar-refractivity contribution in [2.45, 2.75) is 19.5 Å². The lowest BCUT2D eigenvalue weighted by atomic mass is 10.2. The molecule has 0 amide bonds. The van der Waals surface area contributed by atoms with Gasteiger partial charge in [-0.2, -0.15) is 17.4 Å². The highest BCUT2D eigenvalue weighted by molar-refractivity contribution is 7.87. The maximum Gasteiger partial charge on any atom is 0.280 e. The van der Waals surface area contributed by atoms with Gasteiger partial charge in [-0.25, -0.2) is 4.98 Å². The van der Waals surface area contributed by atoms with Crippen LogP contribution in [0, 0.1) is 0 Å². The van der Waals surface area contributed by atoms with E-state index in [-0.39, 0.29) is 0 Å². The van der Waals surface area contributed by atoms with Crippen molar-refractivity contribution in [3.63, 3.8) is 0 Å². The molecule has 6 nitrogen and oxygen atoms in total. The molecule has 0 bridgehead atoms. The number of rotatable bonds is 6. The van der Waals surface area contributed by atoms with E-state index in [0.29, 0.717) is 12.4 Å². The summed E-state index contributed by atoms with van der Waals surface area (Å²) in [5.74, 6) is 0.591. The zero-order valence-corrected chi connectivity index (χ0v) is 14.4. The Labute approximate surface area is 141 Å². The molecule has 0 radical (unpaired) electrons. The number of nitrogens with one attached hydrogen (secondary N) is 2. The number of hydrogen-bond donors (Lipinski definition) is 2. The van der Waals surface area contributed by atoms with Crippen molar-refractivity contribution in [2.75, 3.05) is 7.05 Å². The van der Waals surface area contributed by atoms with Crippen LogP contribution < -0.4 is 4.72 Å². The lowest BCUT2D eigenvalue weighted by molar-refractivity contribution is 0.446. The highest BCUT2D eigenvalue weighted by atomic mass is 32.2. The molecule has 1 heterocycles. The molecule has 0 aliphatic rings. The summed E-state index contributed by atoms with van der Waals surface area (Å²) in [6.07, 6.45) is 0. The van der Waals surface area contributed by atoms with Crippen molar-refractivity contribution in [1.82, 2.24) is 19.0 Å². The SMILES string of the molecule is CC(NS(=O)(=O)N(C)Cc1ccccc1)c1nc2ccccc2[nH]1. The Balaban J connectivity index is 1.73. The minimum Gasteiger partial charge on any atom is -0.341 e. The summed E-state index contributed by atoms with van der Waals surface area (Å²) in [6, 6.07) is 16.6. The van der Waals surface area contributed by atoms with Gasteiger partial charge in [-0.05, 0) is 24.6 Å². The van der Waals surface area contributed by atoms with E-state index in [2.05, 4.69) is 14.7 Å². The third-order valence-corrected chi connectivity index (χ3v) is 5.40. The van der Waals surface area contributed by atoms with Crippen LogP contribution in [0.15, 0.2) is 54.6 Å². The van der Waals surface area contributed by atoms with E-state index in [1.807, 2.05) is 54.6 Å². The van der Waals surface area contributed by atoms with Gasteiger partial charge in [0.05, 0.1) is 17.1 Å². The van der Waals surface area contributed by atoms with Crippen LogP contribution in [0.25, 0.3) is 11.0 Å². The molecule has 1 unspecified atom stereocenters. The average Bonchev–Trinajstić information content (AvgIpc) is 2.99. The highest BCUT2D eigenvalue weighted by Crippen LogP contribution is 2.17. The van der Waals surface area contributed by atoms with E-state index in [1.54, 1.807) is 14.0 Å². The molecule has 3 rings (SSSR count). The Hall–Kier alpha value is -2.22. The second kappa shape index (κ2) is 6.72. The Morgan fingerprint density at radius 1 is 1.12 bits per heavy atom. The Kier molecular flexibility index (Phi) is 4.66. The Bertz CT molecular complexity index is 889. The fourth-order valence-corrected chi connectivity index (χ4v) is 3.53. The minimum absolute atomic E-state index is 0.309. The first-order valence-electron chi connectivity index (χ1n) is 7.68. The number of aromatic nitrogens is 2. The van der Waals surface area contributed by atoms with Crippen LogP contribution in [0.2, 0.25) is 0 Å². The van der Waals surface area contributed by atoms with E-state index in [1.165, 1.54) is 4.31 Å². The molecule has 7 heteroatoms. The number of aromatic amines is 1. The summed E-state index contributed by atoms with van der Waals surface area (Å²) in [7, 11) is -2.06. The summed E-state index contributed by atoms with van der Waals surface area (Å²) in [4.78, 5) is 7.59. The zero-order valence-electron chi connectivity index (χ0n) is 13.6. The number of nitrogens with zero attached hydrogens (tertiary/aromatic N) is 2. The van der Waals surface area contributed by atoms with E-state index >= 15 is 0 Å². The predicted octanol–water partition coefficient (Wildman–Crippen LogP) is 2.59. The zero-order chi connectivity index (χ0) is 17.2. The third kappa shape index (κ3) is 3.64. The first-order chi connectivity index (χ1) is 11.5. The van der Waals surface area contributed by atoms with Gasteiger partial charge in [-0.1, -0.05) is 42.5 Å². The summed E-state index contributed by atoms with van der Waals surface area (Å²) in [6.45, 7) is 2.08.